The van der Waals surface area contributed by atoms with E-state index >= 15 is 0 Å². The number of carbonyl (C=O) groups excluding carboxylic acids is 1. The zero-order valence-electron chi connectivity index (χ0n) is 15.3. The van der Waals surface area contributed by atoms with Crippen molar-refractivity contribution < 1.29 is 9.69 Å². The Hall–Kier alpha value is -2.33. The molecular weight excluding hydrogens is 322 g/mol. The Balaban J connectivity index is 1.27. The average molecular weight is 350 g/mol. The van der Waals surface area contributed by atoms with Gasteiger partial charge >= 0.3 is 0 Å². The van der Waals surface area contributed by atoms with Gasteiger partial charge in [-0.25, -0.2) is 0 Å². The molecular formula is C22H28N3O+. The fourth-order valence-electron chi connectivity index (χ4n) is 4.35. The Morgan fingerprint density at radius 1 is 0.808 bits per heavy atom. The lowest BCUT2D eigenvalue weighted by Gasteiger charge is -2.41. The second-order valence-electron chi connectivity index (χ2n) is 7.41. The van der Waals surface area contributed by atoms with E-state index in [1.165, 1.54) is 18.8 Å². The van der Waals surface area contributed by atoms with E-state index in [1.807, 2.05) is 35.2 Å². The fraction of sp³-hybridized carbons (Fsp3) is 0.409. The molecule has 2 heterocycles. The Labute approximate surface area is 156 Å². The van der Waals surface area contributed by atoms with E-state index in [2.05, 4.69) is 35.2 Å². The minimum Gasteiger partial charge on any atom is -0.360 e. The zero-order valence-corrected chi connectivity index (χ0v) is 15.3. The highest BCUT2D eigenvalue weighted by Crippen LogP contribution is 2.15. The van der Waals surface area contributed by atoms with Crippen LogP contribution < -0.4 is 9.80 Å². The largest absolute Gasteiger partial charge is 0.360 e. The molecule has 2 aromatic rings. The standard InChI is InChI=1S/C22H27N3O/c26-22(19-7-3-1-4-8-19)25-13-11-21(12-14-25)24-17-15-23(16-18-24)20-9-5-2-6-10-20/h1-10,21H,11-18H2/p+1. The van der Waals surface area contributed by atoms with Crippen molar-refractivity contribution in [3.05, 3.63) is 66.2 Å². The molecule has 1 N–H and O–H groups in total. The van der Waals surface area contributed by atoms with Crippen molar-refractivity contribution in [3.63, 3.8) is 0 Å². The lowest BCUT2D eigenvalue weighted by Crippen LogP contribution is -3.18. The number of hydrogen-bond acceptors (Lipinski definition) is 2. The van der Waals surface area contributed by atoms with Gasteiger partial charge in [0.2, 0.25) is 0 Å². The summed E-state index contributed by atoms with van der Waals surface area (Å²) in [6, 6.07) is 21.1. The van der Waals surface area contributed by atoms with Crippen molar-refractivity contribution in [1.82, 2.24) is 4.90 Å². The maximum atomic E-state index is 12.6. The van der Waals surface area contributed by atoms with Crippen LogP contribution in [0.15, 0.2) is 60.7 Å². The van der Waals surface area contributed by atoms with E-state index < -0.39 is 0 Å². The van der Waals surface area contributed by atoms with E-state index in [0.717, 1.165) is 44.6 Å². The number of rotatable bonds is 3. The van der Waals surface area contributed by atoms with Gasteiger partial charge in [0.05, 0.1) is 32.2 Å². The number of nitrogens with one attached hydrogen (secondary N) is 1. The molecule has 0 atom stereocenters. The molecule has 2 aliphatic rings. The lowest BCUT2D eigenvalue weighted by molar-refractivity contribution is -0.927. The lowest BCUT2D eigenvalue weighted by atomic mass is 10.0. The summed E-state index contributed by atoms with van der Waals surface area (Å²) in [4.78, 5) is 18.9. The minimum absolute atomic E-state index is 0.188. The number of anilines is 1. The maximum Gasteiger partial charge on any atom is 0.253 e. The predicted octanol–water partition coefficient (Wildman–Crippen LogP) is 1.70. The van der Waals surface area contributed by atoms with Gasteiger partial charge in [0.15, 0.2) is 0 Å². The van der Waals surface area contributed by atoms with Gasteiger partial charge in [-0.1, -0.05) is 36.4 Å². The summed E-state index contributed by atoms with van der Waals surface area (Å²) in [6.07, 6.45) is 2.25. The number of quaternary nitrogens is 1. The number of amides is 1. The highest BCUT2D eigenvalue weighted by atomic mass is 16.2. The molecule has 0 saturated carbocycles. The van der Waals surface area contributed by atoms with E-state index in [4.69, 9.17) is 0 Å². The molecule has 0 unspecified atom stereocenters. The predicted molar refractivity (Wildman–Crippen MR) is 105 cm³/mol. The number of benzene rings is 2. The highest BCUT2D eigenvalue weighted by molar-refractivity contribution is 5.94. The minimum atomic E-state index is 0.188. The first-order chi connectivity index (χ1) is 12.8. The topological polar surface area (TPSA) is 28.0 Å². The van der Waals surface area contributed by atoms with Gasteiger partial charge in [-0.05, 0) is 24.3 Å². The van der Waals surface area contributed by atoms with Gasteiger partial charge in [0.25, 0.3) is 5.91 Å². The second-order valence-corrected chi connectivity index (χ2v) is 7.41. The SMILES string of the molecule is O=C(c1ccccc1)N1CCC([NH+]2CCN(c3ccccc3)CC2)CC1. The van der Waals surface area contributed by atoms with Crippen LogP contribution in [0.3, 0.4) is 0 Å². The third-order valence-corrected chi connectivity index (χ3v) is 5.91. The van der Waals surface area contributed by atoms with Gasteiger partial charge in [0, 0.05) is 37.2 Å². The van der Waals surface area contributed by atoms with Crippen LogP contribution in [-0.4, -0.2) is 56.1 Å². The summed E-state index contributed by atoms with van der Waals surface area (Å²) in [6.45, 7) is 6.44. The molecule has 136 valence electrons. The molecule has 2 aromatic carbocycles. The monoisotopic (exact) mass is 350 g/mol. The van der Waals surface area contributed by atoms with Crippen LogP contribution in [0, 0.1) is 0 Å². The Kier molecular flexibility index (Phi) is 5.21. The number of piperidine rings is 1. The van der Waals surface area contributed by atoms with Crippen LogP contribution >= 0.6 is 0 Å². The summed E-state index contributed by atoms with van der Waals surface area (Å²) in [5, 5.41) is 0. The summed E-state index contributed by atoms with van der Waals surface area (Å²) in [5.74, 6) is 0.188. The van der Waals surface area contributed by atoms with Crippen LogP contribution in [-0.2, 0) is 0 Å². The van der Waals surface area contributed by atoms with Gasteiger partial charge in [0.1, 0.15) is 0 Å². The van der Waals surface area contributed by atoms with Gasteiger partial charge in [-0.3, -0.25) is 4.79 Å². The molecule has 4 heteroatoms. The van der Waals surface area contributed by atoms with Crippen LogP contribution in [0.25, 0.3) is 0 Å². The molecule has 2 saturated heterocycles. The number of carbonyl (C=O) groups is 1. The first kappa shape index (κ1) is 17.1. The fourth-order valence-corrected chi connectivity index (χ4v) is 4.35. The number of nitrogens with zero attached hydrogens (tertiary/aromatic N) is 2. The van der Waals surface area contributed by atoms with E-state index in [9.17, 15) is 4.79 Å². The van der Waals surface area contributed by atoms with Crippen molar-refractivity contribution >= 4 is 11.6 Å². The molecule has 0 bridgehead atoms. The molecule has 0 aliphatic carbocycles. The van der Waals surface area contributed by atoms with Gasteiger partial charge in [-0.15, -0.1) is 0 Å². The van der Waals surface area contributed by atoms with Crippen LogP contribution in [0.4, 0.5) is 5.69 Å². The number of likely N-dealkylation sites (tertiary alicyclic amines) is 1. The molecule has 4 nitrogen and oxygen atoms in total. The number of para-hydroxylation sites is 1. The summed E-state index contributed by atoms with van der Waals surface area (Å²) in [5.41, 5.74) is 2.16. The first-order valence-electron chi connectivity index (χ1n) is 9.80. The first-order valence-corrected chi connectivity index (χ1v) is 9.80. The molecule has 2 aliphatic heterocycles. The third-order valence-electron chi connectivity index (χ3n) is 5.91. The molecule has 26 heavy (non-hydrogen) atoms. The van der Waals surface area contributed by atoms with Crippen molar-refractivity contribution in [3.8, 4) is 0 Å². The molecule has 1 amide bonds. The van der Waals surface area contributed by atoms with Crippen LogP contribution in [0.1, 0.15) is 23.2 Å². The number of piperazine rings is 1. The molecule has 0 aromatic heterocycles. The van der Waals surface area contributed by atoms with Crippen molar-refractivity contribution in [2.24, 2.45) is 0 Å². The Morgan fingerprint density at radius 2 is 1.38 bits per heavy atom. The zero-order chi connectivity index (χ0) is 17.8. The highest BCUT2D eigenvalue weighted by Gasteiger charge is 2.32. The summed E-state index contributed by atoms with van der Waals surface area (Å²) in [7, 11) is 0. The molecule has 0 spiro atoms. The van der Waals surface area contributed by atoms with Crippen LogP contribution in [0.5, 0.6) is 0 Å². The molecule has 2 fully saturated rings. The molecule has 0 radical (unpaired) electrons. The number of hydrogen-bond donors (Lipinski definition) is 1. The normalized spacial score (nSPS) is 19.5. The smallest absolute Gasteiger partial charge is 0.253 e. The van der Waals surface area contributed by atoms with Gasteiger partial charge < -0.3 is 14.7 Å². The maximum absolute atomic E-state index is 12.6. The van der Waals surface area contributed by atoms with Crippen LogP contribution in [0.2, 0.25) is 0 Å². The van der Waals surface area contributed by atoms with Crippen molar-refractivity contribution in [2.45, 2.75) is 18.9 Å². The second kappa shape index (κ2) is 7.92. The van der Waals surface area contributed by atoms with E-state index in [-0.39, 0.29) is 5.91 Å². The summed E-state index contributed by atoms with van der Waals surface area (Å²) >= 11 is 0. The Bertz CT molecular complexity index is 703. The quantitative estimate of drug-likeness (QED) is 0.913. The average Bonchev–Trinajstić information content (AvgIpc) is 2.75. The Morgan fingerprint density at radius 3 is 2.00 bits per heavy atom. The third kappa shape index (κ3) is 3.75. The van der Waals surface area contributed by atoms with Crippen molar-refractivity contribution in [2.75, 3.05) is 44.2 Å². The van der Waals surface area contributed by atoms with Crippen molar-refractivity contribution in [1.29, 1.82) is 0 Å². The van der Waals surface area contributed by atoms with E-state index in [1.54, 1.807) is 4.90 Å². The van der Waals surface area contributed by atoms with Gasteiger partial charge in [-0.2, -0.15) is 0 Å². The molecule has 4 rings (SSSR count). The van der Waals surface area contributed by atoms with E-state index in [0.29, 0.717) is 6.04 Å². The summed E-state index contributed by atoms with van der Waals surface area (Å²) < 4.78 is 0.